The summed E-state index contributed by atoms with van der Waals surface area (Å²) in [6.45, 7) is 7.30. The van der Waals surface area contributed by atoms with Crippen LogP contribution in [-0.4, -0.2) is 51.0 Å². The second-order valence-corrected chi connectivity index (χ2v) is 10.4. The van der Waals surface area contributed by atoms with Crippen LogP contribution in [0.4, 0.5) is 5.82 Å². The van der Waals surface area contributed by atoms with Gasteiger partial charge in [-0.2, -0.15) is 0 Å². The van der Waals surface area contributed by atoms with E-state index in [1.165, 1.54) is 27.8 Å². The third-order valence-corrected chi connectivity index (χ3v) is 8.00. The van der Waals surface area contributed by atoms with Gasteiger partial charge in [-0.25, -0.2) is 9.97 Å². The Morgan fingerprint density at radius 1 is 1.00 bits per heavy atom. The maximum absolute atomic E-state index is 5.16. The maximum Gasteiger partial charge on any atom is 0.164 e. The Balaban J connectivity index is 1.34. The fourth-order valence-corrected chi connectivity index (χ4v) is 6.42. The predicted molar refractivity (Wildman–Crippen MR) is 134 cm³/mol. The van der Waals surface area contributed by atoms with Crippen LogP contribution in [0.15, 0.2) is 49.1 Å². The first kappa shape index (κ1) is 20.7. The van der Waals surface area contributed by atoms with Gasteiger partial charge in [0.05, 0.1) is 5.39 Å². The zero-order valence-corrected chi connectivity index (χ0v) is 19.8. The van der Waals surface area contributed by atoms with Crippen molar-refractivity contribution < 1.29 is 0 Å². The Morgan fingerprint density at radius 3 is 2.58 bits per heavy atom. The van der Waals surface area contributed by atoms with Crippen molar-refractivity contribution in [3.05, 3.63) is 65.1 Å². The molecule has 4 aromatic rings. The molecule has 0 amide bonds. The Bertz CT molecular complexity index is 1250. The summed E-state index contributed by atoms with van der Waals surface area (Å²) in [7, 11) is 0. The molecule has 33 heavy (non-hydrogen) atoms. The van der Waals surface area contributed by atoms with Crippen LogP contribution in [0.5, 0.6) is 0 Å². The molecule has 4 aromatic heterocycles. The molecule has 168 valence electrons. The largest absolute Gasteiger partial charge is 0.353 e. The first-order chi connectivity index (χ1) is 16.2. The second kappa shape index (κ2) is 8.80. The molecule has 1 aliphatic heterocycles. The summed E-state index contributed by atoms with van der Waals surface area (Å²) in [5, 5.41) is 1.30. The Hall–Kier alpha value is -2.90. The molecule has 7 heteroatoms. The number of thiophene rings is 1. The van der Waals surface area contributed by atoms with Crippen LogP contribution in [0, 0.1) is 5.92 Å². The summed E-state index contributed by atoms with van der Waals surface area (Å²) in [6.07, 6.45) is 11.0. The molecule has 1 aliphatic carbocycles. The Morgan fingerprint density at radius 2 is 1.82 bits per heavy atom. The van der Waals surface area contributed by atoms with Crippen LogP contribution in [-0.2, 0) is 19.4 Å². The van der Waals surface area contributed by atoms with Crippen molar-refractivity contribution in [3.63, 3.8) is 0 Å². The molecule has 0 aromatic carbocycles. The van der Waals surface area contributed by atoms with E-state index in [0.29, 0.717) is 0 Å². The summed E-state index contributed by atoms with van der Waals surface area (Å²) in [4.78, 5) is 26.4. The molecule has 1 fully saturated rings. The van der Waals surface area contributed by atoms with E-state index in [4.69, 9.17) is 9.97 Å². The van der Waals surface area contributed by atoms with Gasteiger partial charge in [-0.3, -0.25) is 14.9 Å². The molecule has 0 saturated carbocycles. The number of piperazine rings is 1. The van der Waals surface area contributed by atoms with E-state index in [0.717, 1.165) is 73.5 Å². The summed E-state index contributed by atoms with van der Waals surface area (Å²) in [5.74, 6) is 2.65. The van der Waals surface area contributed by atoms with Crippen LogP contribution < -0.4 is 4.90 Å². The van der Waals surface area contributed by atoms with Crippen molar-refractivity contribution in [2.24, 2.45) is 5.92 Å². The van der Waals surface area contributed by atoms with E-state index in [1.807, 2.05) is 42.1 Å². The molecule has 1 saturated heterocycles. The summed E-state index contributed by atoms with van der Waals surface area (Å²) in [6, 6.07) is 8.19. The molecule has 0 radical (unpaired) electrons. The molecule has 2 aliphatic rings. The van der Waals surface area contributed by atoms with Crippen LogP contribution >= 0.6 is 11.3 Å². The topological polar surface area (TPSA) is 58.0 Å². The molecular weight excluding hydrogens is 428 g/mol. The van der Waals surface area contributed by atoms with Crippen LogP contribution in [0.1, 0.15) is 29.3 Å². The molecular formula is C26H28N6S. The Kier molecular flexibility index (Phi) is 5.52. The van der Waals surface area contributed by atoms with Gasteiger partial charge in [0.15, 0.2) is 5.82 Å². The van der Waals surface area contributed by atoms with E-state index in [9.17, 15) is 0 Å². The number of hydrogen-bond donors (Lipinski definition) is 0. The number of rotatable bonds is 4. The highest BCUT2D eigenvalue weighted by Gasteiger charge is 2.28. The lowest BCUT2D eigenvalue weighted by Gasteiger charge is -2.36. The molecule has 0 bridgehead atoms. The minimum atomic E-state index is 0.746. The lowest BCUT2D eigenvalue weighted by atomic mass is 9.89. The van der Waals surface area contributed by atoms with Crippen molar-refractivity contribution in [2.45, 2.75) is 32.7 Å². The van der Waals surface area contributed by atoms with Crippen LogP contribution in [0.3, 0.4) is 0 Å². The fraction of sp³-hybridized carbons (Fsp3) is 0.385. The third-order valence-electron chi connectivity index (χ3n) is 6.86. The highest BCUT2D eigenvalue weighted by molar-refractivity contribution is 7.19. The van der Waals surface area contributed by atoms with Gasteiger partial charge in [-0.05, 0) is 54.5 Å². The molecule has 5 heterocycles. The average Bonchev–Trinajstić information content (AvgIpc) is 3.22. The van der Waals surface area contributed by atoms with Gasteiger partial charge in [0.25, 0.3) is 0 Å². The van der Waals surface area contributed by atoms with Crippen molar-refractivity contribution in [1.29, 1.82) is 0 Å². The van der Waals surface area contributed by atoms with Gasteiger partial charge in [0, 0.05) is 68.0 Å². The van der Waals surface area contributed by atoms with Crippen molar-refractivity contribution in [1.82, 2.24) is 24.8 Å². The highest BCUT2D eigenvalue weighted by atomic mass is 32.1. The normalized spacial score (nSPS) is 19.1. The molecule has 1 unspecified atom stereocenters. The SMILES string of the molecule is CC1CCc2c(sc3nc(-c4cccnc4)nc(N4CCN(Cc5cccnc5)CC4)c23)C1. The lowest BCUT2D eigenvalue weighted by molar-refractivity contribution is 0.249. The number of nitrogens with zero attached hydrogens (tertiary/aromatic N) is 6. The minimum absolute atomic E-state index is 0.746. The average molecular weight is 457 g/mol. The number of aromatic nitrogens is 4. The van der Waals surface area contributed by atoms with Gasteiger partial charge in [-0.15, -0.1) is 11.3 Å². The number of hydrogen-bond acceptors (Lipinski definition) is 7. The van der Waals surface area contributed by atoms with E-state index >= 15 is 0 Å². The van der Waals surface area contributed by atoms with Crippen LogP contribution in [0.25, 0.3) is 21.6 Å². The quantitative estimate of drug-likeness (QED) is 0.448. The lowest BCUT2D eigenvalue weighted by Crippen LogP contribution is -2.46. The molecule has 1 atom stereocenters. The van der Waals surface area contributed by atoms with Crippen molar-refractivity contribution in [3.8, 4) is 11.4 Å². The minimum Gasteiger partial charge on any atom is -0.353 e. The van der Waals surface area contributed by atoms with E-state index < -0.39 is 0 Å². The van der Waals surface area contributed by atoms with Gasteiger partial charge in [0.2, 0.25) is 0 Å². The molecule has 0 N–H and O–H groups in total. The van der Waals surface area contributed by atoms with Gasteiger partial charge in [0.1, 0.15) is 10.6 Å². The third kappa shape index (κ3) is 4.11. The van der Waals surface area contributed by atoms with Gasteiger partial charge < -0.3 is 4.90 Å². The smallest absolute Gasteiger partial charge is 0.164 e. The number of anilines is 1. The first-order valence-corrected chi connectivity index (χ1v) is 12.6. The first-order valence-electron chi connectivity index (χ1n) is 11.8. The fourth-order valence-electron chi connectivity index (χ4n) is 5.04. The molecule has 6 rings (SSSR count). The van der Waals surface area contributed by atoms with Crippen LogP contribution in [0.2, 0.25) is 0 Å². The molecule has 0 spiro atoms. The zero-order chi connectivity index (χ0) is 22.2. The number of pyridine rings is 2. The summed E-state index contributed by atoms with van der Waals surface area (Å²) >= 11 is 1.88. The predicted octanol–water partition coefficient (Wildman–Crippen LogP) is 4.60. The van der Waals surface area contributed by atoms with Gasteiger partial charge in [-0.1, -0.05) is 13.0 Å². The molecule has 6 nitrogen and oxygen atoms in total. The number of fused-ring (bicyclic) bond motifs is 3. The van der Waals surface area contributed by atoms with Crippen molar-refractivity contribution in [2.75, 3.05) is 31.1 Å². The van der Waals surface area contributed by atoms with E-state index in [1.54, 1.807) is 6.20 Å². The van der Waals surface area contributed by atoms with Crippen molar-refractivity contribution >= 4 is 27.4 Å². The summed E-state index contributed by atoms with van der Waals surface area (Å²) in [5.41, 5.74) is 3.75. The summed E-state index contributed by atoms with van der Waals surface area (Å²) < 4.78 is 0. The van der Waals surface area contributed by atoms with E-state index in [-0.39, 0.29) is 0 Å². The van der Waals surface area contributed by atoms with E-state index in [2.05, 4.69) is 38.8 Å². The van der Waals surface area contributed by atoms with Gasteiger partial charge >= 0.3 is 0 Å². The Labute approximate surface area is 198 Å². The zero-order valence-electron chi connectivity index (χ0n) is 18.9. The maximum atomic E-state index is 5.16. The second-order valence-electron chi connectivity index (χ2n) is 9.27. The standard InChI is InChI=1S/C26H28N6S/c1-18-6-7-21-22(14-18)33-26-23(21)25(29-24(30-26)20-5-3-9-28-16-20)32-12-10-31(11-13-32)17-19-4-2-8-27-15-19/h2-5,8-9,15-16,18H,6-7,10-14,17H2,1H3. The number of aryl methyl sites for hydroxylation is 1. The highest BCUT2D eigenvalue weighted by Crippen LogP contribution is 2.42. The monoisotopic (exact) mass is 456 g/mol.